The Morgan fingerprint density at radius 2 is 1.93 bits per heavy atom. The van der Waals surface area contributed by atoms with Crippen LogP contribution in [-0.2, 0) is 0 Å². The molecule has 0 saturated carbocycles. The maximum absolute atomic E-state index is 14.5. The zero-order valence-corrected chi connectivity index (χ0v) is 24.1. The van der Waals surface area contributed by atoms with Crippen LogP contribution in [0, 0.1) is 5.82 Å². The average Bonchev–Trinajstić information content (AvgIpc) is 3.02. The summed E-state index contributed by atoms with van der Waals surface area (Å²) in [4.78, 5) is 35.0. The zero-order chi connectivity index (χ0) is 28.9. The van der Waals surface area contributed by atoms with Gasteiger partial charge in [-0.25, -0.2) is 19.3 Å². The molecule has 0 bridgehead atoms. The largest absolute Gasteiger partial charge is 0.369 e. The normalized spacial score (nSPS) is 15.0. The Morgan fingerprint density at radius 3 is 2.63 bits per heavy atom. The van der Waals surface area contributed by atoms with Crippen molar-refractivity contribution < 1.29 is 9.18 Å². The van der Waals surface area contributed by atoms with Crippen molar-refractivity contribution in [2.75, 3.05) is 50.5 Å². The number of carbonyl (C=O) groups is 1. The molecule has 0 radical (unpaired) electrons. The molecule has 0 unspecified atom stereocenters. The highest BCUT2D eigenvalue weighted by molar-refractivity contribution is 6.06. The predicted octanol–water partition coefficient (Wildman–Crippen LogP) is 4.72. The molecule has 5 rings (SSSR count). The molecule has 0 spiro atoms. The van der Waals surface area contributed by atoms with Crippen LogP contribution in [0.25, 0.3) is 22.2 Å². The number of anilines is 2. The lowest BCUT2D eigenvalue weighted by Crippen LogP contribution is -2.43. The minimum absolute atomic E-state index is 0.00709. The van der Waals surface area contributed by atoms with Gasteiger partial charge >= 0.3 is 0 Å². The van der Waals surface area contributed by atoms with Gasteiger partial charge < -0.3 is 20.4 Å². The fourth-order valence-electron chi connectivity index (χ4n) is 5.51. The minimum atomic E-state index is -0.639. The summed E-state index contributed by atoms with van der Waals surface area (Å²) in [7, 11) is 3.62. The van der Waals surface area contributed by atoms with E-state index >= 15 is 0 Å². The summed E-state index contributed by atoms with van der Waals surface area (Å²) in [5.41, 5.74) is 3.23. The third kappa shape index (κ3) is 6.12. The molecule has 1 aliphatic rings. The lowest BCUT2D eigenvalue weighted by molar-refractivity contribution is 0.0960. The Labute approximate surface area is 240 Å². The van der Waals surface area contributed by atoms with Gasteiger partial charge in [0.2, 0.25) is 0 Å². The first-order chi connectivity index (χ1) is 19.9. The number of rotatable bonds is 9. The van der Waals surface area contributed by atoms with Gasteiger partial charge in [-0.2, -0.15) is 0 Å². The maximum atomic E-state index is 14.5. The zero-order valence-electron chi connectivity index (χ0n) is 24.1. The van der Waals surface area contributed by atoms with E-state index in [-0.39, 0.29) is 11.5 Å². The number of likely N-dealkylation sites (tertiary alicyclic amines) is 1. The Balaban J connectivity index is 1.27. The average molecular weight is 557 g/mol. The van der Waals surface area contributed by atoms with Crippen LogP contribution < -0.4 is 15.5 Å². The lowest BCUT2D eigenvalue weighted by atomic mass is 9.96. The van der Waals surface area contributed by atoms with E-state index < -0.39 is 11.7 Å². The third-order valence-electron chi connectivity index (χ3n) is 8.08. The molecule has 214 valence electrons. The molecule has 2 N–H and O–H groups in total. The highest BCUT2D eigenvalue weighted by Gasteiger charge is 2.23. The molecule has 9 nitrogen and oxygen atoms in total. The molecule has 4 heterocycles. The summed E-state index contributed by atoms with van der Waals surface area (Å²) >= 11 is 0. The number of para-hydroxylation sites is 1. The van der Waals surface area contributed by atoms with Crippen molar-refractivity contribution in [3.05, 3.63) is 72.1 Å². The fourth-order valence-corrected chi connectivity index (χ4v) is 5.51. The molecule has 1 fully saturated rings. The first kappa shape index (κ1) is 28.4. The van der Waals surface area contributed by atoms with Gasteiger partial charge in [0.15, 0.2) is 5.82 Å². The monoisotopic (exact) mass is 556 g/mol. The number of pyridine rings is 2. The predicted molar refractivity (Wildman–Crippen MR) is 161 cm³/mol. The molecule has 1 aliphatic heterocycles. The number of hydrogen-bond acceptors (Lipinski definition) is 8. The van der Waals surface area contributed by atoms with Gasteiger partial charge in [0.05, 0.1) is 23.0 Å². The first-order valence-electron chi connectivity index (χ1n) is 14.2. The smallest absolute Gasteiger partial charge is 0.254 e. The number of aromatic nitrogens is 4. The number of hydrogen-bond donors (Lipinski definition) is 2. The van der Waals surface area contributed by atoms with Gasteiger partial charge in [0.1, 0.15) is 18.0 Å². The minimum Gasteiger partial charge on any atom is -0.369 e. The van der Waals surface area contributed by atoms with Crippen molar-refractivity contribution >= 4 is 28.4 Å². The standard InChI is InChI=1S/C31H37FN8O/c1-5-40-13-11-22(12-14-40)39(4)28-10-9-21(17-35-28)26-15-27(38-19-37-26)34-16-20(2)23-7-6-8-24-29(31(41)33-3)25(32)18-36-30(23)24/h6-10,15,17-20,22H,5,11-14,16H2,1-4H3,(H,33,41)(H,34,37,38)/t20-/m1/s1. The van der Waals surface area contributed by atoms with Crippen molar-refractivity contribution in [2.24, 2.45) is 0 Å². The molecule has 0 aliphatic carbocycles. The van der Waals surface area contributed by atoms with E-state index in [1.807, 2.05) is 24.4 Å². The lowest BCUT2D eigenvalue weighted by Gasteiger charge is -2.36. The van der Waals surface area contributed by atoms with Crippen LogP contribution in [0.2, 0.25) is 0 Å². The van der Waals surface area contributed by atoms with E-state index in [9.17, 15) is 9.18 Å². The van der Waals surface area contributed by atoms with E-state index in [4.69, 9.17) is 4.98 Å². The Hall–Kier alpha value is -4.18. The number of fused-ring (bicyclic) bond motifs is 1. The van der Waals surface area contributed by atoms with Gasteiger partial charge in [-0.3, -0.25) is 9.78 Å². The van der Waals surface area contributed by atoms with E-state index in [1.54, 1.807) is 12.4 Å². The second kappa shape index (κ2) is 12.6. The summed E-state index contributed by atoms with van der Waals surface area (Å²) < 4.78 is 14.5. The van der Waals surface area contributed by atoms with E-state index in [0.717, 1.165) is 61.3 Å². The number of nitrogens with zero attached hydrogens (tertiary/aromatic N) is 6. The van der Waals surface area contributed by atoms with Crippen LogP contribution in [0.3, 0.4) is 0 Å². The van der Waals surface area contributed by atoms with Crippen LogP contribution in [0.15, 0.2) is 55.1 Å². The summed E-state index contributed by atoms with van der Waals surface area (Å²) in [6.07, 6.45) is 6.82. The maximum Gasteiger partial charge on any atom is 0.254 e. The topological polar surface area (TPSA) is 99.2 Å². The first-order valence-corrected chi connectivity index (χ1v) is 14.2. The number of halogens is 1. The van der Waals surface area contributed by atoms with Crippen LogP contribution in [0.5, 0.6) is 0 Å². The van der Waals surface area contributed by atoms with Gasteiger partial charge in [-0.15, -0.1) is 0 Å². The highest BCUT2D eigenvalue weighted by atomic mass is 19.1. The Kier molecular flexibility index (Phi) is 8.68. The third-order valence-corrected chi connectivity index (χ3v) is 8.08. The highest BCUT2D eigenvalue weighted by Crippen LogP contribution is 2.28. The van der Waals surface area contributed by atoms with E-state index in [1.165, 1.54) is 7.05 Å². The van der Waals surface area contributed by atoms with Crippen LogP contribution >= 0.6 is 0 Å². The second-order valence-corrected chi connectivity index (χ2v) is 10.6. The Bertz CT molecular complexity index is 1500. The molecule has 1 amide bonds. The van der Waals surface area contributed by atoms with Crippen molar-refractivity contribution in [3.63, 3.8) is 0 Å². The Morgan fingerprint density at radius 1 is 1.12 bits per heavy atom. The van der Waals surface area contributed by atoms with Crippen LogP contribution in [0.4, 0.5) is 16.0 Å². The van der Waals surface area contributed by atoms with E-state index in [0.29, 0.717) is 29.3 Å². The summed E-state index contributed by atoms with van der Waals surface area (Å²) in [6.45, 7) is 8.20. The molecule has 41 heavy (non-hydrogen) atoms. The molecule has 4 aromatic rings. The van der Waals surface area contributed by atoms with Crippen molar-refractivity contribution in [1.82, 2.24) is 30.2 Å². The van der Waals surface area contributed by atoms with E-state index in [2.05, 4.69) is 68.4 Å². The van der Waals surface area contributed by atoms with Crippen molar-refractivity contribution in [2.45, 2.75) is 38.6 Å². The molecular weight excluding hydrogens is 519 g/mol. The molecule has 3 aromatic heterocycles. The second-order valence-electron chi connectivity index (χ2n) is 10.6. The van der Waals surface area contributed by atoms with Crippen molar-refractivity contribution in [1.29, 1.82) is 0 Å². The number of piperidine rings is 1. The molecule has 1 saturated heterocycles. The van der Waals surface area contributed by atoms with Crippen molar-refractivity contribution in [3.8, 4) is 11.3 Å². The van der Waals surface area contributed by atoms with Gasteiger partial charge in [-0.1, -0.05) is 32.0 Å². The van der Waals surface area contributed by atoms with Gasteiger partial charge in [0, 0.05) is 68.9 Å². The summed E-state index contributed by atoms with van der Waals surface area (Å²) in [5, 5.41) is 6.40. The van der Waals surface area contributed by atoms with Crippen LogP contribution in [0.1, 0.15) is 48.5 Å². The van der Waals surface area contributed by atoms with Gasteiger partial charge in [-0.05, 0) is 37.1 Å². The summed E-state index contributed by atoms with van der Waals surface area (Å²) in [5.74, 6) is 0.551. The number of amides is 1. The quantitative estimate of drug-likeness (QED) is 0.306. The number of nitrogens with one attached hydrogen (secondary N) is 2. The fraction of sp³-hybridized carbons (Fsp3) is 0.387. The molecule has 10 heteroatoms. The number of benzene rings is 1. The SMILES string of the molecule is CCN1CCC(N(C)c2ccc(-c3cc(NC[C@@H](C)c4cccc5c(C(=O)NC)c(F)cnc45)ncn3)cn2)CC1. The molecule has 1 atom stereocenters. The summed E-state index contributed by atoms with van der Waals surface area (Å²) in [6, 6.07) is 12.0. The molecular formula is C31H37FN8O. The van der Waals surface area contributed by atoms with Gasteiger partial charge in [0.25, 0.3) is 5.91 Å². The molecule has 1 aromatic carbocycles. The van der Waals surface area contributed by atoms with Crippen LogP contribution in [-0.4, -0.2) is 77.1 Å². The number of carbonyl (C=O) groups excluding carboxylic acids is 1.